The maximum absolute atomic E-state index is 9.07. The molecule has 2 rings (SSSR count). The Labute approximate surface area is 88.8 Å². The van der Waals surface area contributed by atoms with Crippen molar-refractivity contribution < 1.29 is 5.11 Å². The van der Waals surface area contributed by atoms with Crippen molar-refractivity contribution in [2.24, 2.45) is 0 Å². The van der Waals surface area contributed by atoms with Gasteiger partial charge in [-0.25, -0.2) is 4.98 Å². The highest BCUT2D eigenvalue weighted by atomic mass is 16.3. The summed E-state index contributed by atoms with van der Waals surface area (Å²) in [7, 11) is 0. The third kappa shape index (κ3) is 1.78. The lowest BCUT2D eigenvalue weighted by molar-refractivity contribution is 0.276. The molecule has 0 bridgehead atoms. The Kier molecular flexibility index (Phi) is 2.56. The van der Waals surface area contributed by atoms with Gasteiger partial charge in [0.15, 0.2) is 0 Å². The van der Waals surface area contributed by atoms with Gasteiger partial charge in [0.1, 0.15) is 5.82 Å². The summed E-state index contributed by atoms with van der Waals surface area (Å²) >= 11 is 0. The number of hydrogen-bond donors (Lipinski definition) is 2. The second-order valence-corrected chi connectivity index (χ2v) is 3.63. The third-order valence-corrected chi connectivity index (χ3v) is 2.54. The fraction of sp³-hybridized carbons (Fsp3) is 0.250. The number of benzene rings is 1. The molecule has 0 radical (unpaired) electrons. The first kappa shape index (κ1) is 9.93. The van der Waals surface area contributed by atoms with Crippen LogP contribution in [0.1, 0.15) is 17.0 Å². The zero-order chi connectivity index (χ0) is 10.8. The van der Waals surface area contributed by atoms with Gasteiger partial charge in [-0.15, -0.1) is 0 Å². The summed E-state index contributed by atoms with van der Waals surface area (Å²) in [5.41, 5.74) is 3.90. The predicted molar refractivity (Wildman–Crippen MR) is 59.4 cm³/mol. The van der Waals surface area contributed by atoms with Crippen molar-refractivity contribution in [3.63, 3.8) is 0 Å². The molecule has 15 heavy (non-hydrogen) atoms. The van der Waals surface area contributed by atoms with Gasteiger partial charge in [-0.3, -0.25) is 0 Å². The van der Waals surface area contributed by atoms with Crippen molar-refractivity contribution in [3.8, 4) is 11.4 Å². The molecule has 0 aliphatic heterocycles. The van der Waals surface area contributed by atoms with Crippen LogP contribution in [0.5, 0.6) is 0 Å². The number of aliphatic hydroxyl groups is 1. The molecule has 0 saturated carbocycles. The number of aromatic nitrogens is 2. The average Bonchev–Trinajstić information content (AvgIpc) is 2.60. The normalized spacial score (nSPS) is 10.6. The molecule has 1 heterocycles. The maximum Gasteiger partial charge on any atom is 0.138 e. The van der Waals surface area contributed by atoms with Crippen LogP contribution in [-0.2, 0) is 6.61 Å². The van der Waals surface area contributed by atoms with Crippen molar-refractivity contribution in [2.75, 3.05) is 0 Å². The fourth-order valence-corrected chi connectivity index (χ4v) is 1.62. The Morgan fingerprint density at radius 2 is 2.00 bits per heavy atom. The van der Waals surface area contributed by atoms with Gasteiger partial charge in [-0.05, 0) is 19.4 Å². The standard InChI is InChI=1S/C12H14N2O/c1-8-5-3-4-6-10(8)12-13-9(2)11(7-15)14-12/h3-6,15H,7H2,1-2H3,(H,13,14). The van der Waals surface area contributed by atoms with Gasteiger partial charge in [-0.2, -0.15) is 0 Å². The van der Waals surface area contributed by atoms with E-state index in [0.717, 1.165) is 17.1 Å². The van der Waals surface area contributed by atoms with Crippen LogP contribution in [-0.4, -0.2) is 15.1 Å². The smallest absolute Gasteiger partial charge is 0.138 e. The Morgan fingerprint density at radius 1 is 1.27 bits per heavy atom. The minimum absolute atomic E-state index is 0.0196. The fourth-order valence-electron chi connectivity index (χ4n) is 1.62. The van der Waals surface area contributed by atoms with Gasteiger partial charge in [0.25, 0.3) is 0 Å². The van der Waals surface area contributed by atoms with E-state index in [2.05, 4.69) is 9.97 Å². The molecular weight excluding hydrogens is 188 g/mol. The molecule has 0 amide bonds. The van der Waals surface area contributed by atoms with Crippen molar-refractivity contribution in [1.82, 2.24) is 9.97 Å². The molecule has 3 nitrogen and oxygen atoms in total. The van der Waals surface area contributed by atoms with Gasteiger partial charge in [0, 0.05) is 11.3 Å². The molecule has 1 aromatic heterocycles. The first-order chi connectivity index (χ1) is 7.22. The highest BCUT2D eigenvalue weighted by Gasteiger charge is 2.08. The van der Waals surface area contributed by atoms with E-state index in [1.165, 1.54) is 5.56 Å². The predicted octanol–water partition coefficient (Wildman–Crippen LogP) is 2.19. The Bertz CT molecular complexity index is 474. The molecule has 78 valence electrons. The van der Waals surface area contributed by atoms with Crippen LogP contribution in [0.2, 0.25) is 0 Å². The van der Waals surface area contributed by atoms with Crippen molar-refractivity contribution in [1.29, 1.82) is 0 Å². The topological polar surface area (TPSA) is 48.9 Å². The van der Waals surface area contributed by atoms with Crippen LogP contribution in [0.25, 0.3) is 11.4 Å². The van der Waals surface area contributed by atoms with E-state index in [-0.39, 0.29) is 6.61 Å². The Hall–Kier alpha value is -1.61. The molecule has 0 saturated heterocycles. The second kappa shape index (κ2) is 3.87. The number of rotatable bonds is 2. The molecule has 0 aliphatic rings. The quantitative estimate of drug-likeness (QED) is 0.784. The number of aromatic amines is 1. The molecule has 0 aliphatic carbocycles. The van der Waals surface area contributed by atoms with E-state index in [1.54, 1.807) is 0 Å². The molecule has 0 spiro atoms. The lowest BCUT2D eigenvalue weighted by Gasteiger charge is -2.00. The van der Waals surface area contributed by atoms with Gasteiger partial charge >= 0.3 is 0 Å². The number of nitrogens with zero attached hydrogens (tertiary/aromatic N) is 1. The van der Waals surface area contributed by atoms with E-state index in [1.807, 2.05) is 38.1 Å². The summed E-state index contributed by atoms with van der Waals surface area (Å²) in [6.45, 7) is 3.94. The largest absolute Gasteiger partial charge is 0.390 e. The number of H-pyrrole nitrogens is 1. The molecule has 2 aromatic rings. The highest BCUT2D eigenvalue weighted by molar-refractivity contribution is 5.60. The molecule has 0 unspecified atom stereocenters. The molecule has 3 heteroatoms. The third-order valence-electron chi connectivity index (χ3n) is 2.54. The van der Waals surface area contributed by atoms with Crippen LogP contribution in [0.3, 0.4) is 0 Å². The van der Waals surface area contributed by atoms with E-state index in [9.17, 15) is 0 Å². The summed E-state index contributed by atoms with van der Waals surface area (Å²) in [6.07, 6.45) is 0. The number of nitrogens with one attached hydrogen (secondary N) is 1. The average molecular weight is 202 g/mol. The maximum atomic E-state index is 9.07. The monoisotopic (exact) mass is 202 g/mol. The second-order valence-electron chi connectivity index (χ2n) is 3.63. The summed E-state index contributed by atoms with van der Waals surface area (Å²) in [6, 6.07) is 8.06. The molecule has 2 N–H and O–H groups in total. The molecule has 0 fully saturated rings. The first-order valence-corrected chi connectivity index (χ1v) is 4.94. The number of aliphatic hydroxyl groups excluding tert-OH is 1. The minimum atomic E-state index is -0.0196. The first-order valence-electron chi connectivity index (χ1n) is 4.94. The number of hydrogen-bond acceptors (Lipinski definition) is 2. The molecule has 1 aromatic carbocycles. The van der Waals surface area contributed by atoms with E-state index in [0.29, 0.717) is 5.69 Å². The zero-order valence-corrected chi connectivity index (χ0v) is 8.91. The van der Waals surface area contributed by atoms with Gasteiger partial charge in [0.2, 0.25) is 0 Å². The lowest BCUT2D eigenvalue weighted by atomic mass is 10.1. The van der Waals surface area contributed by atoms with Gasteiger partial charge < -0.3 is 10.1 Å². The van der Waals surface area contributed by atoms with E-state index >= 15 is 0 Å². The van der Waals surface area contributed by atoms with Gasteiger partial charge in [-0.1, -0.05) is 24.3 Å². The number of aryl methyl sites for hydroxylation is 2. The van der Waals surface area contributed by atoms with Crippen LogP contribution < -0.4 is 0 Å². The van der Waals surface area contributed by atoms with Crippen molar-refractivity contribution in [2.45, 2.75) is 20.5 Å². The highest BCUT2D eigenvalue weighted by Crippen LogP contribution is 2.21. The van der Waals surface area contributed by atoms with E-state index < -0.39 is 0 Å². The molecule has 0 atom stereocenters. The SMILES string of the molecule is Cc1ccccc1-c1nc(CO)c(C)[nH]1. The van der Waals surface area contributed by atoms with Crippen molar-refractivity contribution in [3.05, 3.63) is 41.2 Å². The minimum Gasteiger partial charge on any atom is -0.390 e. The Morgan fingerprint density at radius 3 is 2.60 bits per heavy atom. The van der Waals surface area contributed by atoms with E-state index in [4.69, 9.17) is 5.11 Å². The summed E-state index contributed by atoms with van der Waals surface area (Å²) in [5.74, 6) is 0.828. The summed E-state index contributed by atoms with van der Waals surface area (Å²) in [5, 5.41) is 9.07. The van der Waals surface area contributed by atoms with Gasteiger partial charge in [0.05, 0.1) is 12.3 Å². The molecular formula is C12H14N2O. The number of imidazole rings is 1. The Balaban J connectivity index is 2.50. The summed E-state index contributed by atoms with van der Waals surface area (Å²) < 4.78 is 0. The lowest BCUT2D eigenvalue weighted by Crippen LogP contribution is -1.86. The van der Waals surface area contributed by atoms with Crippen LogP contribution in [0.4, 0.5) is 0 Å². The van der Waals surface area contributed by atoms with Crippen LogP contribution in [0, 0.1) is 13.8 Å². The van der Waals surface area contributed by atoms with Crippen LogP contribution >= 0.6 is 0 Å². The summed E-state index contributed by atoms with van der Waals surface area (Å²) in [4.78, 5) is 7.54. The van der Waals surface area contributed by atoms with Crippen LogP contribution in [0.15, 0.2) is 24.3 Å². The van der Waals surface area contributed by atoms with Crippen molar-refractivity contribution >= 4 is 0 Å². The zero-order valence-electron chi connectivity index (χ0n) is 8.91.